The summed E-state index contributed by atoms with van der Waals surface area (Å²) in [6.45, 7) is 8.50. The van der Waals surface area contributed by atoms with Crippen molar-refractivity contribution >= 4 is 17.2 Å². The van der Waals surface area contributed by atoms with Crippen LogP contribution < -0.4 is 15.6 Å². The van der Waals surface area contributed by atoms with Crippen molar-refractivity contribution in [2.24, 2.45) is 5.92 Å². The fourth-order valence-electron chi connectivity index (χ4n) is 5.29. The Balaban J connectivity index is 1.74. The molecule has 4 aromatic rings. The van der Waals surface area contributed by atoms with Gasteiger partial charge in [0.1, 0.15) is 16.5 Å². The van der Waals surface area contributed by atoms with Crippen LogP contribution in [-0.2, 0) is 19.0 Å². The number of halogens is 3. The van der Waals surface area contributed by atoms with Crippen molar-refractivity contribution < 1.29 is 22.7 Å². The summed E-state index contributed by atoms with van der Waals surface area (Å²) in [5, 5.41) is 5.30. The van der Waals surface area contributed by atoms with Gasteiger partial charge in [-0.2, -0.15) is 13.2 Å². The summed E-state index contributed by atoms with van der Waals surface area (Å²) in [5.41, 5.74) is 2.24. The van der Waals surface area contributed by atoms with E-state index in [1.807, 2.05) is 39.0 Å². The van der Waals surface area contributed by atoms with Gasteiger partial charge in [0.15, 0.2) is 0 Å². The molecule has 1 saturated heterocycles. The van der Waals surface area contributed by atoms with E-state index < -0.39 is 11.9 Å². The quantitative estimate of drug-likeness (QED) is 0.264. The Morgan fingerprint density at radius 2 is 1.89 bits per heavy atom. The molecule has 44 heavy (non-hydrogen) atoms. The van der Waals surface area contributed by atoms with E-state index >= 15 is 0 Å². The van der Waals surface area contributed by atoms with E-state index in [4.69, 9.17) is 4.74 Å². The van der Waals surface area contributed by atoms with E-state index in [0.717, 1.165) is 17.8 Å². The third-order valence-electron chi connectivity index (χ3n) is 7.54. The minimum atomic E-state index is -4.56. The van der Waals surface area contributed by atoms with Crippen LogP contribution in [0.25, 0.3) is 27.5 Å². The summed E-state index contributed by atoms with van der Waals surface area (Å²) in [4.78, 5) is 38.6. The maximum absolute atomic E-state index is 14.5. The van der Waals surface area contributed by atoms with Gasteiger partial charge in [0.25, 0.3) is 11.5 Å². The van der Waals surface area contributed by atoms with Crippen LogP contribution in [0.3, 0.4) is 0 Å². The summed E-state index contributed by atoms with van der Waals surface area (Å²) in [5.74, 6) is 0.545. The number of thiazole rings is 1. The van der Waals surface area contributed by atoms with Gasteiger partial charge in [0.2, 0.25) is 0 Å². The van der Waals surface area contributed by atoms with Gasteiger partial charge in [-0.25, -0.2) is 4.98 Å². The molecule has 1 aliphatic heterocycles. The molecule has 0 saturated carbocycles. The van der Waals surface area contributed by atoms with E-state index in [2.05, 4.69) is 15.3 Å². The highest BCUT2D eigenvalue weighted by Gasteiger charge is 2.32. The number of alkyl halides is 3. The Hall–Kier alpha value is -4.03. The van der Waals surface area contributed by atoms with Crippen LogP contribution >= 0.6 is 11.3 Å². The largest absolute Gasteiger partial charge is 0.497 e. The molecule has 1 fully saturated rings. The van der Waals surface area contributed by atoms with E-state index in [1.165, 1.54) is 17.4 Å². The minimum absolute atomic E-state index is 0.135. The Labute approximate surface area is 257 Å². The van der Waals surface area contributed by atoms with Gasteiger partial charge >= 0.3 is 6.18 Å². The molecule has 1 aliphatic rings. The van der Waals surface area contributed by atoms with Gasteiger partial charge in [-0.3, -0.25) is 19.1 Å². The molecule has 0 aliphatic carbocycles. The van der Waals surface area contributed by atoms with Crippen molar-refractivity contribution in [1.82, 2.24) is 24.8 Å². The molecule has 5 rings (SSSR count). The summed E-state index contributed by atoms with van der Waals surface area (Å²) in [6.07, 6.45) is -2.32. The Morgan fingerprint density at radius 3 is 2.50 bits per heavy atom. The molecule has 1 amide bonds. The number of hydrogen-bond acceptors (Lipinski definition) is 7. The van der Waals surface area contributed by atoms with Gasteiger partial charge < -0.3 is 15.0 Å². The lowest BCUT2D eigenvalue weighted by Gasteiger charge is -2.29. The summed E-state index contributed by atoms with van der Waals surface area (Å²) < 4.78 is 46.3. The number of amides is 1. The molecule has 1 N–H and O–H groups in total. The van der Waals surface area contributed by atoms with Gasteiger partial charge in [-0.05, 0) is 48.6 Å². The topological polar surface area (TPSA) is 89.3 Å². The van der Waals surface area contributed by atoms with Crippen LogP contribution in [-0.4, -0.2) is 58.6 Å². The molecule has 0 spiro atoms. The number of methoxy groups -OCH3 is 1. The van der Waals surface area contributed by atoms with Crippen molar-refractivity contribution in [1.29, 1.82) is 0 Å². The molecule has 0 unspecified atom stereocenters. The summed E-state index contributed by atoms with van der Waals surface area (Å²) in [6, 6.07) is 9.43. The SMILES string of the molecule is CCc1ccc(OC)cc1-n1c(CC(C)C)c(C(=O)N2CCNCC2)cc(-c2nc(-c3ccc(C(F)(F)F)nc3)cs2)c1=O. The number of carbonyl (C=O) groups excluding carboxylic acids is 1. The molecule has 4 heterocycles. The lowest BCUT2D eigenvalue weighted by molar-refractivity contribution is -0.141. The van der Waals surface area contributed by atoms with E-state index in [-0.39, 0.29) is 22.9 Å². The molecule has 1 aromatic carbocycles. The van der Waals surface area contributed by atoms with E-state index in [1.54, 1.807) is 28.0 Å². The number of ether oxygens (including phenoxy) is 1. The number of hydrogen-bond donors (Lipinski definition) is 1. The Kier molecular flexibility index (Phi) is 9.21. The molecule has 0 radical (unpaired) electrons. The van der Waals surface area contributed by atoms with Crippen LogP contribution in [0.15, 0.2) is 52.8 Å². The maximum Gasteiger partial charge on any atom is 0.433 e. The van der Waals surface area contributed by atoms with Crippen molar-refractivity contribution in [3.63, 3.8) is 0 Å². The second kappa shape index (κ2) is 12.9. The second-order valence-electron chi connectivity index (χ2n) is 11.0. The maximum atomic E-state index is 14.5. The van der Waals surface area contributed by atoms with Crippen LogP contribution in [0, 0.1) is 5.92 Å². The van der Waals surface area contributed by atoms with Crippen molar-refractivity contribution in [3.8, 4) is 33.3 Å². The minimum Gasteiger partial charge on any atom is -0.497 e. The molecular formula is C32H34F3N5O3S. The number of pyridine rings is 2. The number of aromatic nitrogens is 3. The molecule has 0 atom stereocenters. The predicted octanol–water partition coefficient (Wildman–Crippen LogP) is 5.86. The van der Waals surface area contributed by atoms with Gasteiger partial charge in [-0.15, -0.1) is 11.3 Å². The number of carbonyl (C=O) groups is 1. The van der Waals surface area contributed by atoms with Gasteiger partial charge in [-0.1, -0.05) is 26.8 Å². The smallest absolute Gasteiger partial charge is 0.433 e. The van der Waals surface area contributed by atoms with Gasteiger partial charge in [0.05, 0.1) is 29.6 Å². The first-order chi connectivity index (χ1) is 21.0. The molecule has 232 valence electrons. The van der Waals surface area contributed by atoms with Crippen LogP contribution in [0.1, 0.15) is 48.1 Å². The Bertz CT molecular complexity index is 1710. The number of nitrogens with one attached hydrogen (secondary N) is 1. The first-order valence-electron chi connectivity index (χ1n) is 14.5. The number of rotatable bonds is 8. The summed E-state index contributed by atoms with van der Waals surface area (Å²) >= 11 is 1.18. The lowest BCUT2D eigenvalue weighted by atomic mass is 9.98. The van der Waals surface area contributed by atoms with Crippen molar-refractivity contribution in [2.75, 3.05) is 33.3 Å². The van der Waals surface area contributed by atoms with Crippen LogP contribution in [0.5, 0.6) is 5.75 Å². The zero-order chi connectivity index (χ0) is 31.6. The van der Waals surface area contributed by atoms with Gasteiger partial charge in [0, 0.05) is 55.1 Å². The third kappa shape index (κ3) is 6.41. The van der Waals surface area contributed by atoms with E-state index in [9.17, 15) is 22.8 Å². The molecule has 3 aromatic heterocycles. The van der Waals surface area contributed by atoms with Crippen LogP contribution in [0.2, 0.25) is 0 Å². The molecule has 8 nitrogen and oxygen atoms in total. The van der Waals surface area contributed by atoms with Crippen molar-refractivity contribution in [3.05, 3.63) is 80.8 Å². The number of benzene rings is 1. The first-order valence-corrected chi connectivity index (χ1v) is 15.4. The number of aryl methyl sites for hydroxylation is 1. The van der Waals surface area contributed by atoms with Crippen molar-refractivity contribution in [2.45, 2.75) is 39.8 Å². The highest BCUT2D eigenvalue weighted by atomic mass is 32.1. The molecular weight excluding hydrogens is 591 g/mol. The summed E-state index contributed by atoms with van der Waals surface area (Å²) in [7, 11) is 1.56. The van der Waals surface area contributed by atoms with E-state index in [0.29, 0.717) is 78.0 Å². The average Bonchev–Trinajstić information content (AvgIpc) is 3.51. The highest BCUT2D eigenvalue weighted by molar-refractivity contribution is 7.13. The zero-order valence-electron chi connectivity index (χ0n) is 25.0. The lowest BCUT2D eigenvalue weighted by Crippen LogP contribution is -2.47. The Morgan fingerprint density at radius 1 is 1.14 bits per heavy atom. The normalized spacial score (nSPS) is 13.9. The predicted molar refractivity (Wildman–Crippen MR) is 165 cm³/mol. The monoisotopic (exact) mass is 625 g/mol. The molecule has 0 bridgehead atoms. The fourth-order valence-corrected chi connectivity index (χ4v) is 6.13. The third-order valence-corrected chi connectivity index (χ3v) is 8.41. The first kappa shape index (κ1) is 31.4. The standard InChI is InChI=1S/C32H34F3N5O3S/c1-5-20-6-8-22(43-4)15-26(20)40-27(14-19(2)3)23(30(41)39-12-10-36-11-13-39)16-24(31(40)42)29-38-25(18-44-29)21-7-9-28(37-17-21)32(33,34)35/h6-9,15-19,36H,5,10-14H2,1-4H3. The molecule has 12 heteroatoms. The highest BCUT2D eigenvalue weighted by Crippen LogP contribution is 2.33. The number of nitrogens with zero attached hydrogens (tertiary/aromatic N) is 4. The second-order valence-corrected chi connectivity index (χ2v) is 11.9. The van der Waals surface area contributed by atoms with Crippen LogP contribution in [0.4, 0.5) is 13.2 Å². The number of piperazine rings is 1. The fraction of sp³-hybridized carbons (Fsp3) is 0.375. The average molecular weight is 626 g/mol. The zero-order valence-corrected chi connectivity index (χ0v) is 25.8.